The molecule has 0 atom stereocenters. The molecular weight excluding hydrogens is 252 g/mol. The molecule has 0 aliphatic heterocycles. The first kappa shape index (κ1) is 12.4. The molecule has 2 aromatic carbocycles. The molecule has 1 aromatic heterocycles. The lowest BCUT2D eigenvalue weighted by Crippen LogP contribution is -1.94. The Morgan fingerprint density at radius 1 is 0.900 bits per heavy atom. The molecule has 0 N–H and O–H groups in total. The van der Waals surface area contributed by atoms with Gasteiger partial charge in [0.05, 0.1) is 20.4 Å². The molecule has 0 spiro atoms. The maximum absolute atomic E-state index is 5.36. The molecule has 0 unspecified atom stereocenters. The smallest absolute Gasteiger partial charge is 0.161 e. The summed E-state index contributed by atoms with van der Waals surface area (Å²) in [5.74, 6) is 1.37. The number of nitrogens with zero attached hydrogens (tertiary/aromatic N) is 2. The average molecular weight is 266 g/mol. The topological polar surface area (TPSA) is 44.2 Å². The number of ether oxygens (including phenoxy) is 2. The van der Waals surface area contributed by atoms with Crippen molar-refractivity contribution in [3.63, 3.8) is 0 Å². The molecule has 3 rings (SSSR count). The van der Waals surface area contributed by atoms with Gasteiger partial charge in [-0.1, -0.05) is 30.3 Å². The Hall–Kier alpha value is -2.62. The highest BCUT2D eigenvalue weighted by Crippen LogP contribution is 2.35. The normalized spacial score (nSPS) is 10.5. The van der Waals surface area contributed by atoms with E-state index in [-0.39, 0.29) is 0 Å². The molecule has 0 saturated carbocycles. The van der Waals surface area contributed by atoms with E-state index in [1.54, 1.807) is 20.4 Å². The van der Waals surface area contributed by atoms with Crippen LogP contribution < -0.4 is 9.47 Å². The Bertz CT molecular complexity index is 742. The van der Waals surface area contributed by atoms with E-state index in [1.165, 1.54) is 0 Å². The fourth-order valence-corrected chi connectivity index (χ4v) is 2.22. The van der Waals surface area contributed by atoms with Crippen molar-refractivity contribution in [3.8, 4) is 22.8 Å². The van der Waals surface area contributed by atoms with Gasteiger partial charge in [0.25, 0.3) is 0 Å². The van der Waals surface area contributed by atoms with E-state index in [0.717, 1.165) is 22.0 Å². The third kappa shape index (κ3) is 2.05. The standard InChI is InChI=1S/C16H14N2O2/c1-19-14-8-12-10-17-18-16(11-6-4-3-5-7-11)13(12)9-15(14)20-2/h3-10H,1-2H3. The van der Waals surface area contributed by atoms with Gasteiger partial charge < -0.3 is 9.47 Å². The highest BCUT2D eigenvalue weighted by molar-refractivity contribution is 5.95. The first-order valence-corrected chi connectivity index (χ1v) is 6.26. The molecule has 100 valence electrons. The fourth-order valence-electron chi connectivity index (χ4n) is 2.22. The van der Waals surface area contributed by atoms with Gasteiger partial charge in [-0.15, -0.1) is 5.10 Å². The second-order valence-electron chi connectivity index (χ2n) is 4.35. The summed E-state index contributed by atoms with van der Waals surface area (Å²) in [7, 11) is 3.25. The highest BCUT2D eigenvalue weighted by atomic mass is 16.5. The predicted molar refractivity (Wildman–Crippen MR) is 78.1 cm³/mol. The number of fused-ring (bicyclic) bond motifs is 1. The summed E-state index contributed by atoms with van der Waals surface area (Å²) in [4.78, 5) is 0. The summed E-state index contributed by atoms with van der Waals surface area (Å²) in [6.07, 6.45) is 1.73. The molecule has 0 bridgehead atoms. The van der Waals surface area contributed by atoms with Crippen LogP contribution in [0.3, 0.4) is 0 Å². The molecule has 0 fully saturated rings. The Morgan fingerprint density at radius 3 is 2.30 bits per heavy atom. The van der Waals surface area contributed by atoms with E-state index in [2.05, 4.69) is 10.2 Å². The molecule has 3 aromatic rings. The fraction of sp³-hybridized carbons (Fsp3) is 0.125. The van der Waals surface area contributed by atoms with E-state index in [1.807, 2.05) is 42.5 Å². The van der Waals surface area contributed by atoms with Gasteiger partial charge in [0.1, 0.15) is 5.69 Å². The van der Waals surface area contributed by atoms with Gasteiger partial charge >= 0.3 is 0 Å². The van der Waals surface area contributed by atoms with Crippen LogP contribution >= 0.6 is 0 Å². The van der Waals surface area contributed by atoms with Gasteiger partial charge in [-0.25, -0.2) is 0 Å². The second kappa shape index (κ2) is 5.17. The zero-order valence-corrected chi connectivity index (χ0v) is 11.3. The zero-order chi connectivity index (χ0) is 13.9. The van der Waals surface area contributed by atoms with Crippen LogP contribution in [0, 0.1) is 0 Å². The van der Waals surface area contributed by atoms with Gasteiger partial charge in [-0.3, -0.25) is 0 Å². The largest absolute Gasteiger partial charge is 0.493 e. The van der Waals surface area contributed by atoms with Gasteiger partial charge in [0.2, 0.25) is 0 Å². The average Bonchev–Trinajstić information content (AvgIpc) is 2.53. The Kier molecular flexibility index (Phi) is 3.21. The number of benzene rings is 2. The first-order chi connectivity index (χ1) is 9.83. The summed E-state index contributed by atoms with van der Waals surface area (Å²) < 4.78 is 10.7. The SMILES string of the molecule is COc1cc2cnnc(-c3ccccc3)c2cc1OC. The van der Waals surface area contributed by atoms with Gasteiger partial charge in [-0.2, -0.15) is 5.10 Å². The minimum atomic E-state index is 0.685. The lowest BCUT2D eigenvalue weighted by atomic mass is 10.0. The molecule has 4 nitrogen and oxygen atoms in total. The van der Waals surface area contributed by atoms with Crippen LogP contribution in [0.1, 0.15) is 0 Å². The molecule has 20 heavy (non-hydrogen) atoms. The minimum absolute atomic E-state index is 0.685. The second-order valence-corrected chi connectivity index (χ2v) is 4.35. The van der Waals surface area contributed by atoms with E-state index in [4.69, 9.17) is 9.47 Å². The van der Waals surface area contributed by atoms with Crippen molar-refractivity contribution in [2.45, 2.75) is 0 Å². The summed E-state index contributed by atoms with van der Waals surface area (Å²) in [6, 6.07) is 13.8. The van der Waals surface area contributed by atoms with Crippen molar-refractivity contribution in [2.24, 2.45) is 0 Å². The van der Waals surface area contributed by atoms with Crippen molar-refractivity contribution < 1.29 is 9.47 Å². The summed E-state index contributed by atoms with van der Waals surface area (Å²) >= 11 is 0. The number of rotatable bonds is 3. The predicted octanol–water partition coefficient (Wildman–Crippen LogP) is 3.31. The van der Waals surface area contributed by atoms with E-state index >= 15 is 0 Å². The van der Waals surface area contributed by atoms with E-state index in [0.29, 0.717) is 11.5 Å². The monoisotopic (exact) mass is 266 g/mol. The Morgan fingerprint density at radius 2 is 1.60 bits per heavy atom. The molecule has 4 heteroatoms. The lowest BCUT2D eigenvalue weighted by Gasteiger charge is -2.11. The summed E-state index contributed by atoms with van der Waals surface area (Å²) in [5.41, 5.74) is 1.86. The first-order valence-electron chi connectivity index (χ1n) is 6.26. The van der Waals surface area contributed by atoms with Gasteiger partial charge in [0, 0.05) is 16.3 Å². The van der Waals surface area contributed by atoms with E-state index < -0.39 is 0 Å². The van der Waals surface area contributed by atoms with Crippen molar-refractivity contribution in [2.75, 3.05) is 14.2 Å². The van der Waals surface area contributed by atoms with Crippen molar-refractivity contribution in [3.05, 3.63) is 48.7 Å². The Balaban J connectivity index is 2.29. The van der Waals surface area contributed by atoms with Crippen molar-refractivity contribution in [1.82, 2.24) is 10.2 Å². The van der Waals surface area contributed by atoms with Gasteiger partial charge in [-0.05, 0) is 12.1 Å². The van der Waals surface area contributed by atoms with Crippen LogP contribution in [0.5, 0.6) is 11.5 Å². The molecule has 0 radical (unpaired) electrons. The number of methoxy groups -OCH3 is 2. The van der Waals surface area contributed by atoms with Crippen molar-refractivity contribution >= 4 is 10.8 Å². The summed E-state index contributed by atoms with van der Waals surface area (Å²) in [6.45, 7) is 0. The maximum atomic E-state index is 5.36. The molecule has 0 amide bonds. The highest BCUT2D eigenvalue weighted by Gasteiger charge is 2.11. The van der Waals surface area contributed by atoms with Crippen LogP contribution in [0.25, 0.3) is 22.0 Å². The molecule has 1 heterocycles. The number of aromatic nitrogens is 2. The molecule has 0 saturated heterocycles. The molecule has 0 aliphatic rings. The number of hydrogen-bond donors (Lipinski definition) is 0. The van der Waals surface area contributed by atoms with Crippen molar-refractivity contribution in [1.29, 1.82) is 0 Å². The van der Waals surface area contributed by atoms with Crippen LogP contribution in [0.15, 0.2) is 48.7 Å². The zero-order valence-electron chi connectivity index (χ0n) is 11.3. The lowest BCUT2D eigenvalue weighted by molar-refractivity contribution is 0.356. The van der Waals surface area contributed by atoms with E-state index in [9.17, 15) is 0 Å². The van der Waals surface area contributed by atoms with Crippen LogP contribution in [0.2, 0.25) is 0 Å². The van der Waals surface area contributed by atoms with Crippen LogP contribution in [-0.2, 0) is 0 Å². The van der Waals surface area contributed by atoms with Gasteiger partial charge in [0.15, 0.2) is 11.5 Å². The molecular formula is C16H14N2O2. The van der Waals surface area contributed by atoms with Crippen LogP contribution in [-0.4, -0.2) is 24.4 Å². The van der Waals surface area contributed by atoms with Crippen LogP contribution in [0.4, 0.5) is 0 Å². The Labute approximate surface area is 117 Å². The third-order valence-electron chi connectivity index (χ3n) is 3.21. The maximum Gasteiger partial charge on any atom is 0.161 e. The third-order valence-corrected chi connectivity index (χ3v) is 3.21. The number of hydrogen-bond acceptors (Lipinski definition) is 4. The summed E-state index contributed by atoms with van der Waals surface area (Å²) in [5, 5.41) is 10.3. The quantitative estimate of drug-likeness (QED) is 0.729. The molecule has 0 aliphatic carbocycles. The minimum Gasteiger partial charge on any atom is -0.493 e.